The Morgan fingerprint density at radius 2 is 1.44 bits per heavy atom. The topological polar surface area (TPSA) is 0 Å². The molecule has 0 spiro atoms. The maximum absolute atomic E-state index is 3.26. The molecule has 0 atom stereocenters. The molecule has 0 unspecified atom stereocenters. The van der Waals surface area contributed by atoms with Crippen molar-refractivity contribution in [3.05, 3.63) is 66.2 Å². The summed E-state index contributed by atoms with van der Waals surface area (Å²) in [5.74, 6) is 3.23. The Morgan fingerprint density at radius 1 is 0.812 bits per heavy atom. The molecule has 0 aliphatic heterocycles. The van der Waals surface area contributed by atoms with Crippen molar-refractivity contribution in [2.75, 3.05) is 0 Å². The molecule has 1 heteroatoms. The second kappa shape index (κ2) is 6.18. The van der Waals surface area contributed by atoms with Gasteiger partial charge in [-0.25, -0.2) is 0 Å². The Hall–Kier alpha value is -1.48. The Morgan fingerprint density at radius 3 is 2.12 bits per heavy atom. The quantitative estimate of drug-likeness (QED) is 0.580. The number of rotatable bonds is 2. The van der Waals surface area contributed by atoms with Gasteiger partial charge in [-0.05, 0) is 0 Å². The van der Waals surface area contributed by atoms with Gasteiger partial charge in [0.05, 0.1) is 0 Å². The summed E-state index contributed by atoms with van der Waals surface area (Å²) in [7, 11) is 0. The van der Waals surface area contributed by atoms with Gasteiger partial charge in [-0.15, -0.1) is 0 Å². The van der Waals surface area contributed by atoms with Crippen molar-refractivity contribution in [3.8, 4) is 10.7 Å². The van der Waals surface area contributed by atoms with Gasteiger partial charge in [-0.1, -0.05) is 0 Å². The zero-order valence-corrected chi connectivity index (χ0v) is 10.6. The first-order chi connectivity index (χ1) is 7.95. The third kappa shape index (κ3) is 3.59. The molecule has 0 fully saturated rings. The van der Waals surface area contributed by atoms with Crippen molar-refractivity contribution < 1.29 is 0 Å². The number of hydrogen-bond acceptors (Lipinski definition) is 0. The SMILES string of the molecule is C(#C[Se]c1ccccc1)Cc1ccccc1. The third-order valence-electron chi connectivity index (χ3n) is 2.12. The molecule has 0 bridgehead atoms. The summed E-state index contributed by atoms with van der Waals surface area (Å²) in [6, 6.07) is 20.8. The summed E-state index contributed by atoms with van der Waals surface area (Å²) < 4.78 is 1.34. The van der Waals surface area contributed by atoms with Gasteiger partial charge >= 0.3 is 103 Å². The first-order valence-electron chi connectivity index (χ1n) is 5.19. The molecule has 2 aromatic carbocycles. The summed E-state index contributed by atoms with van der Waals surface area (Å²) in [6.07, 6.45) is 0.857. The molecule has 0 aliphatic rings. The van der Waals surface area contributed by atoms with E-state index in [9.17, 15) is 0 Å². The molecular weight excluding hydrogens is 259 g/mol. The Balaban J connectivity index is 1.88. The van der Waals surface area contributed by atoms with E-state index in [0.717, 1.165) is 6.42 Å². The van der Waals surface area contributed by atoms with E-state index in [-0.39, 0.29) is 15.0 Å². The molecule has 0 amide bonds. The second-order valence-electron chi connectivity index (χ2n) is 3.36. The molecule has 0 heterocycles. The third-order valence-corrected chi connectivity index (χ3v) is 3.70. The van der Waals surface area contributed by atoms with Gasteiger partial charge in [0.25, 0.3) is 0 Å². The standard InChI is InChI=1S/C15H12Se/c1-3-8-14(9-4-1)10-7-13-16-15-11-5-2-6-12-15/h1-6,8-9,11-12H,10H2. The van der Waals surface area contributed by atoms with Crippen LogP contribution in [0.25, 0.3) is 0 Å². The van der Waals surface area contributed by atoms with Gasteiger partial charge in [0.15, 0.2) is 0 Å². The summed E-state index contributed by atoms with van der Waals surface area (Å²) >= 11 is 0.288. The van der Waals surface area contributed by atoms with E-state index in [1.807, 2.05) is 12.1 Å². The van der Waals surface area contributed by atoms with Crippen LogP contribution < -0.4 is 4.46 Å². The average Bonchev–Trinajstić information content (AvgIpc) is 2.37. The van der Waals surface area contributed by atoms with Crippen LogP contribution in [0.15, 0.2) is 60.7 Å². The Kier molecular flexibility index (Phi) is 4.25. The molecule has 0 radical (unpaired) electrons. The van der Waals surface area contributed by atoms with Crippen LogP contribution in [-0.2, 0) is 6.42 Å². The zero-order chi connectivity index (χ0) is 11.1. The van der Waals surface area contributed by atoms with E-state index in [1.165, 1.54) is 10.0 Å². The fourth-order valence-electron chi connectivity index (χ4n) is 1.32. The van der Waals surface area contributed by atoms with Crippen molar-refractivity contribution in [2.24, 2.45) is 0 Å². The van der Waals surface area contributed by atoms with Gasteiger partial charge in [0.2, 0.25) is 0 Å². The molecule has 2 aromatic rings. The van der Waals surface area contributed by atoms with Crippen LogP contribution in [0.1, 0.15) is 5.56 Å². The zero-order valence-electron chi connectivity index (χ0n) is 8.89. The van der Waals surface area contributed by atoms with E-state index in [0.29, 0.717) is 0 Å². The number of hydrogen-bond donors (Lipinski definition) is 0. The average molecular weight is 271 g/mol. The predicted octanol–water partition coefficient (Wildman–Crippen LogP) is 2.22. The molecule has 16 heavy (non-hydrogen) atoms. The Labute approximate surface area is 103 Å². The molecule has 2 rings (SSSR count). The molecule has 0 saturated heterocycles. The van der Waals surface area contributed by atoms with Crippen LogP contribution in [0.2, 0.25) is 0 Å². The first-order valence-corrected chi connectivity index (χ1v) is 6.90. The van der Waals surface area contributed by atoms with Crippen LogP contribution in [0.5, 0.6) is 0 Å². The van der Waals surface area contributed by atoms with Crippen LogP contribution in [-0.4, -0.2) is 15.0 Å². The van der Waals surface area contributed by atoms with Gasteiger partial charge in [-0.3, -0.25) is 0 Å². The van der Waals surface area contributed by atoms with E-state index < -0.39 is 0 Å². The normalized spacial score (nSPS) is 9.25. The van der Waals surface area contributed by atoms with Crippen molar-refractivity contribution in [1.29, 1.82) is 0 Å². The molecule has 0 nitrogen and oxygen atoms in total. The minimum absolute atomic E-state index is 0.288. The maximum atomic E-state index is 3.26. The molecule has 0 aliphatic carbocycles. The van der Waals surface area contributed by atoms with Crippen LogP contribution in [0.3, 0.4) is 0 Å². The fourth-order valence-corrected chi connectivity index (χ4v) is 2.48. The molecular formula is C15H12Se. The molecule has 0 aromatic heterocycles. The van der Waals surface area contributed by atoms with Crippen molar-refractivity contribution in [3.63, 3.8) is 0 Å². The van der Waals surface area contributed by atoms with E-state index >= 15 is 0 Å². The fraction of sp³-hybridized carbons (Fsp3) is 0.0667. The minimum atomic E-state index is 0.288. The molecule has 0 N–H and O–H groups in total. The van der Waals surface area contributed by atoms with Gasteiger partial charge in [-0.2, -0.15) is 0 Å². The van der Waals surface area contributed by atoms with Crippen molar-refractivity contribution >= 4 is 19.4 Å². The van der Waals surface area contributed by atoms with E-state index in [2.05, 4.69) is 59.3 Å². The van der Waals surface area contributed by atoms with Crippen LogP contribution in [0.4, 0.5) is 0 Å². The monoisotopic (exact) mass is 272 g/mol. The van der Waals surface area contributed by atoms with Crippen molar-refractivity contribution in [2.45, 2.75) is 6.42 Å². The van der Waals surface area contributed by atoms with Gasteiger partial charge in [0.1, 0.15) is 0 Å². The molecule has 0 saturated carbocycles. The van der Waals surface area contributed by atoms with Gasteiger partial charge in [0, 0.05) is 0 Å². The summed E-state index contributed by atoms with van der Waals surface area (Å²) in [5.41, 5.74) is 1.29. The predicted molar refractivity (Wildman–Crippen MR) is 69.8 cm³/mol. The number of benzene rings is 2. The Bertz CT molecular complexity index is 432. The summed E-state index contributed by atoms with van der Waals surface area (Å²) in [6.45, 7) is 0. The van der Waals surface area contributed by atoms with E-state index in [4.69, 9.17) is 0 Å². The van der Waals surface area contributed by atoms with Crippen LogP contribution in [0, 0.1) is 10.7 Å². The van der Waals surface area contributed by atoms with Crippen molar-refractivity contribution in [1.82, 2.24) is 0 Å². The van der Waals surface area contributed by atoms with E-state index in [1.54, 1.807) is 0 Å². The first kappa shape index (κ1) is 11.0. The summed E-state index contributed by atoms with van der Waals surface area (Å²) in [4.78, 5) is 3.26. The second-order valence-corrected chi connectivity index (χ2v) is 5.20. The van der Waals surface area contributed by atoms with Gasteiger partial charge < -0.3 is 0 Å². The van der Waals surface area contributed by atoms with Crippen LogP contribution >= 0.6 is 0 Å². The molecule has 78 valence electrons. The summed E-state index contributed by atoms with van der Waals surface area (Å²) in [5, 5.41) is 0.